The summed E-state index contributed by atoms with van der Waals surface area (Å²) < 4.78 is 16.8. The predicted octanol–water partition coefficient (Wildman–Crippen LogP) is 17.6. The molecule has 6 nitrogen and oxygen atoms in total. The van der Waals surface area contributed by atoms with Crippen molar-refractivity contribution in [2.24, 2.45) is 17.8 Å². The highest BCUT2D eigenvalue weighted by atomic mass is 16.6. The zero-order valence-corrected chi connectivity index (χ0v) is 42.0. The molecule has 6 heteroatoms. The fourth-order valence-electron chi connectivity index (χ4n) is 8.23. The number of hydrogen-bond donors (Lipinski definition) is 0. The molecule has 0 bridgehead atoms. The highest BCUT2D eigenvalue weighted by Crippen LogP contribution is 2.19. The Balaban J connectivity index is 4.20. The third-order valence-corrected chi connectivity index (χ3v) is 13.1. The average molecular weight is 863 g/mol. The Bertz CT molecular complexity index is 949. The van der Waals surface area contributed by atoms with Gasteiger partial charge in [-0.05, 0) is 37.0 Å². The number of hydrogen-bond acceptors (Lipinski definition) is 6. The van der Waals surface area contributed by atoms with E-state index in [1.807, 2.05) is 0 Å². The van der Waals surface area contributed by atoms with Crippen molar-refractivity contribution in [2.75, 3.05) is 13.2 Å². The van der Waals surface area contributed by atoms with Crippen LogP contribution >= 0.6 is 0 Å². The summed E-state index contributed by atoms with van der Waals surface area (Å²) in [7, 11) is 0. The van der Waals surface area contributed by atoms with Crippen LogP contribution in [-0.2, 0) is 28.6 Å². The van der Waals surface area contributed by atoms with Crippen LogP contribution in [0.3, 0.4) is 0 Å². The quantitative estimate of drug-likeness (QED) is 0.0344. The third kappa shape index (κ3) is 46.2. The van der Waals surface area contributed by atoms with E-state index in [0.29, 0.717) is 19.3 Å². The molecule has 2 unspecified atom stereocenters. The van der Waals surface area contributed by atoms with Crippen molar-refractivity contribution < 1.29 is 28.6 Å². The zero-order chi connectivity index (χ0) is 44.9. The van der Waals surface area contributed by atoms with Crippen molar-refractivity contribution in [1.82, 2.24) is 0 Å². The molecule has 0 saturated heterocycles. The second-order valence-electron chi connectivity index (χ2n) is 19.8. The first-order chi connectivity index (χ1) is 29.7. The lowest BCUT2D eigenvalue weighted by Crippen LogP contribution is -2.30. The first-order valence-corrected chi connectivity index (χ1v) is 27.2. The van der Waals surface area contributed by atoms with E-state index in [1.165, 1.54) is 180 Å². The Kier molecular flexibility index (Phi) is 45.2. The van der Waals surface area contributed by atoms with Crippen LogP contribution in [0.2, 0.25) is 0 Å². The molecule has 0 amide bonds. The summed E-state index contributed by atoms with van der Waals surface area (Å²) in [5, 5.41) is 0. The van der Waals surface area contributed by atoms with Crippen LogP contribution in [0.4, 0.5) is 0 Å². The van der Waals surface area contributed by atoms with Gasteiger partial charge in [0.2, 0.25) is 0 Å². The number of rotatable bonds is 48. The standard InChI is InChI=1S/C55H106O6/c1-7-50(5)42-36-30-23-19-17-15-13-11-9-10-12-14-16-18-20-26-34-40-46-55(58)61-52(48-60-54(57)45-39-33-28-27-29-35-41-49(3)4)47-59-53(56)44-38-32-25-22-21-24-31-37-43-51(6)8-2/h49-52H,7-48H2,1-6H3/t50?,51?,52-/m0/s1. The average Bonchev–Trinajstić information content (AvgIpc) is 3.24. The molecule has 0 fully saturated rings. The van der Waals surface area contributed by atoms with Gasteiger partial charge in [0.25, 0.3) is 0 Å². The molecule has 0 heterocycles. The summed E-state index contributed by atoms with van der Waals surface area (Å²) in [5.74, 6) is 1.66. The molecule has 362 valence electrons. The lowest BCUT2D eigenvalue weighted by atomic mass is 9.99. The Labute approximate surface area is 380 Å². The van der Waals surface area contributed by atoms with E-state index in [1.54, 1.807) is 0 Å². The van der Waals surface area contributed by atoms with Gasteiger partial charge in [0.05, 0.1) is 0 Å². The van der Waals surface area contributed by atoms with E-state index in [-0.39, 0.29) is 31.1 Å². The van der Waals surface area contributed by atoms with Crippen LogP contribution in [0.15, 0.2) is 0 Å². The summed E-state index contributed by atoms with van der Waals surface area (Å²) in [4.78, 5) is 37.9. The van der Waals surface area contributed by atoms with Gasteiger partial charge in [-0.25, -0.2) is 0 Å². The lowest BCUT2D eigenvalue weighted by Gasteiger charge is -2.18. The molecule has 0 aliphatic rings. The van der Waals surface area contributed by atoms with Gasteiger partial charge >= 0.3 is 17.9 Å². The summed E-state index contributed by atoms with van der Waals surface area (Å²) in [6.45, 7) is 13.7. The Morgan fingerprint density at radius 1 is 0.328 bits per heavy atom. The number of unbranched alkanes of at least 4 members (excludes halogenated alkanes) is 29. The minimum Gasteiger partial charge on any atom is -0.462 e. The highest BCUT2D eigenvalue weighted by Gasteiger charge is 2.19. The van der Waals surface area contributed by atoms with Crippen LogP contribution in [0, 0.1) is 17.8 Å². The summed E-state index contributed by atoms with van der Waals surface area (Å²) in [6, 6.07) is 0. The fraction of sp³-hybridized carbons (Fsp3) is 0.945. The van der Waals surface area contributed by atoms with E-state index in [9.17, 15) is 14.4 Å². The van der Waals surface area contributed by atoms with Gasteiger partial charge in [-0.15, -0.1) is 0 Å². The van der Waals surface area contributed by atoms with Crippen molar-refractivity contribution in [1.29, 1.82) is 0 Å². The van der Waals surface area contributed by atoms with E-state index in [0.717, 1.165) is 75.5 Å². The van der Waals surface area contributed by atoms with E-state index < -0.39 is 6.10 Å². The SMILES string of the molecule is CCC(C)CCCCCCCCCCCCCCCCCCCCC(=O)O[C@@H](COC(=O)CCCCCCCCCCC(C)CC)COC(=O)CCCCCCCCC(C)C. The first-order valence-electron chi connectivity index (χ1n) is 27.2. The van der Waals surface area contributed by atoms with Crippen molar-refractivity contribution in [3.05, 3.63) is 0 Å². The second kappa shape index (κ2) is 46.4. The van der Waals surface area contributed by atoms with E-state index in [4.69, 9.17) is 14.2 Å². The monoisotopic (exact) mass is 863 g/mol. The van der Waals surface area contributed by atoms with Crippen molar-refractivity contribution in [3.8, 4) is 0 Å². The molecule has 0 aliphatic carbocycles. The van der Waals surface area contributed by atoms with Crippen LogP contribution in [0.1, 0.15) is 298 Å². The molecule has 0 aliphatic heterocycles. The maximum atomic E-state index is 12.8. The Hall–Kier alpha value is -1.59. The van der Waals surface area contributed by atoms with E-state index >= 15 is 0 Å². The number of esters is 3. The molecule has 3 atom stereocenters. The lowest BCUT2D eigenvalue weighted by molar-refractivity contribution is -0.167. The molecule has 61 heavy (non-hydrogen) atoms. The van der Waals surface area contributed by atoms with Gasteiger partial charge in [-0.3, -0.25) is 14.4 Å². The Morgan fingerprint density at radius 3 is 0.852 bits per heavy atom. The van der Waals surface area contributed by atoms with Gasteiger partial charge in [0.15, 0.2) is 6.10 Å². The van der Waals surface area contributed by atoms with Crippen LogP contribution < -0.4 is 0 Å². The number of carbonyl (C=O) groups excluding carboxylic acids is 3. The van der Waals surface area contributed by atoms with Crippen LogP contribution in [0.5, 0.6) is 0 Å². The van der Waals surface area contributed by atoms with Crippen molar-refractivity contribution in [3.63, 3.8) is 0 Å². The second-order valence-corrected chi connectivity index (χ2v) is 19.8. The molecule has 0 aromatic carbocycles. The molecule has 0 radical (unpaired) electrons. The smallest absolute Gasteiger partial charge is 0.306 e. The first kappa shape index (κ1) is 59.4. The van der Waals surface area contributed by atoms with Gasteiger partial charge in [0.1, 0.15) is 13.2 Å². The molecule has 0 spiro atoms. The molecule has 0 aromatic heterocycles. The third-order valence-electron chi connectivity index (χ3n) is 13.1. The topological polar surface area (TPSA) is 78.9 Å². The molecular weight excluding hydrogens is 757 g/mol. The minimum atomic E-state index is -0.763. The van der Waals surface area contributed by atoms with Crippen LogP contribution in [-0.4, -0.2) is 37.2 Å². The molecular formula is C55H106O6. The highest BCUT2D eigenvalue weighted by molar-refractivity contribution is 5.71. The van der Waals surface area contributed by atoms with Gasteiger partial charge in [-0.2, -0.15) is 0 Å². The van der Waals surface area contributed by atoms with E-state index in [2.05, 4.69) is 41.5 Å². The molecule has 0 saturated carbocycles. The normalized spacial score (nSPS) is 13.0. The van der Waals surface area contributed by atoms with Crippen molar-refractivity contribution >= 4 is 17.9 Å². The molecule has 0 aromatic rings. The predicted molar refractivity (Wildman–Crippen MR) is 261 cm³/mol. The minimum absolute atomic E-state index is 0.0658. The maximum Gasteiger partial charge on any atom is 0.306 e. The summed E-state index contributed by atoms with van der Waals surface area (Å²) >= 11 is 0. The molecule has 0 rings (SSSR count). The Morgan fingerprint density at radius 2 is 0.574 bits per heavy atom. The van der Waals surface area contributed by atoms with Gasteiger partial charge in [0, 0.05) is 19.3 Å². The zero-order valence-electron chi connectivity index (χ0n) is 42.0. The summed E-state index contributed by atoms with van der Waals surface area (Å²) in [6.07, 6.45) is 46.8. The van der Waals surface area contributed by atoms with Crippen LogP contribution in [0.25, 0.3) is 0 Å². The van der Waals surface area contributed by atoms with Gasteiger partial charge < -0.3 is 14.2 Å². The largest absolute Gasteiger partial charge is 0.462 e. The summed E-state index contributed by atoms with van der Waals surface area (Å²) in [5.41, 5.74) is 0. The number of ether oxygens (including phenoxy) is 3. The molecule has 0 N–H and O–H groups in total. The number of carbonyl (C=O) groups is 3. The maximum absolute atomic E-state index is 12.8. The fourth-order valence-corrected chi connectivity index (χ4v) is 8.23. The van der Waals surface area contributed by atoms with Crippen molar-refractivity contribution in [2.45, 2.75) is 304 Å². The van der Waals surface area contributed by atoms with Gasteiger partial charge in [-0.1, -0.05) is 260 Å².